The fourth-order valence-corrected chi connectivity index (χ4v) is 3.31. The van der Waals surface area contributed by atoms with Crippen molar-refractivity contribution in [1.29, 1.82) is 0 Å². The summed E-state index contributed by atoms with van der Waals surface area (Å²) in [6.45, 7) is 2.07. The van der Waals surface area contributed by atoms with Crippen LogP contribution in [0.4, 0.5) is 5.82 Å². The Hall–Kier alpha value is -1.63. The maximum Gasteiger partial charge on any atom is 0.264 e. The summed E-state index contributed by atoms with van der Waals surface area (Å²) in [5.74, 6) is 0.284. The van der Waals surface area contributed by atoms with E-state index in [1.54, 1.807) is 31.2 Å². The molecular weight excluding hydrogens is 298 g/mol. The molecular formula is C13H14ClN3O2S. The second-order valence-corrected chi connectivity index (χ2v) is 6.30. The van der Waals surface area contributed by atoms with E-state index in [1.165, 1.54) is 12.3 Å². The first-order valence-electron chi connectivity index (χ1n) is 5.87. The van der Waals surface area contributed by atoms with E-state index >= 15 is 0 Å². The molecule has 0 saturated heterocycles. The highest BCUT2D eigenvalue weighted by atomic mass is 35.5. The molecule has 2 aromatic rings. The van der Waals surface area contributed by atoms with Crippen LogP contribution < -0.4 is 10.5 Å². The molecule has 2 rings (SSSR count). The fourth-order valence-electron chi connectivity index (χ4n) is 1.66. The van der Waals surface area contributed by atoms with E-state index in [-0.39, 0.29) is 15.7 Å². The van der Waals surface area contributed by atoms with Crippen molar-refractivity contribution in [1.82, 2.24) is 4.98 Å². The highest BCUT2D eigenvalue weighted by Gasteiger charge is 2.19. The largest absolute Gasteiger partial charge is 0.326 e. The summed E-state index contributed by atoms with van der Waals surface area (Å²) in [4.78, 5) is 4.00. The summed E-state index contributed by atoms with van der Waals surface area (Å²) in [5.41, 5.74) is 6.98. The summed E-state index contributed by atoms with van der Waals surface area (Å²) >= 11 is 6.00. The van der Waals surface area contributed by atoms with Crippen molar-refractivity contribution >= 4 is 27.4 Å². The Morgan fingerprint density at radius 3 is 2.70 bits per heavy atom. The maximum absolute atomic E-state index is 12.3. The Labute approximate surface area is 122 Å². The lowest BCUT2D eigenvalue weighted by Crippen LogP contribution is -2.15. The number of anilines is 1. The molecule has 1 aromatic heterocycles. The molecule has 20 heavy (non-hydrogen) atoms. The zero-order valence-electron chi connectivity index (χ0n) is 10.8. The molecule has 0 amide bonds. The molecule has 0 aliphatic carbocycles. The average molecular weight is 312 g/mol. The first kappa shape index (κ1) is 14.8. The molecule has 0 aliphatic rings. The standard InChI is InChI=1S/C13H14ClN3O2S/c1-9-3-2-6-16-13(9)17-20(18,19)12-5-4-10(8-15)7-11(12)14/h2-7H,8,15H2,1H3,(H,16,17). The molecule has 0 bridgehead atoms. The molecule has 1 aromatic carbocycles. The van der Waals surface area contributed by atoms with E-state index in [9.17, 15) is 8.42 Å². The van der Waals surface area contributed by atoms with Crippen LogP contribution in [-0.4, -0.2) is 13.4 Å². The molecule has 0 aliphatic heterocycles. The summed E-state index contributed by atoms with van der Waals surface area (Å²) < 4.78 is 27.0. The van der Waals surface area contributed by atoms with Crippen LogP contribution in [0, 0.1) is 6.92 Å². The van der Waals surface area contributed by atoms with Gasteiger partial charge < -0.3 is 5.73 Å². The zero-order chi connectivity index (χ0) is 14.8. The van der Waals surface area contributed by atoms with Crippen molar-refractivity contribution in [3.8, 4) is 0 Å². The van der Waals surface area contributed by atoms with Gasteiger partial charge in [-0.05, 0) is 36.2 Å². The van der Waals surface area contributed by atoms with Crippen LogP contribution in [0.2, 0.25) is 5.02 Å². The van der Waals surface area contributed by atoms with Crippen LogP contribution in [0.3, 0.4) is 0 Å². The minimum atomic E-state index is -3.78. The van der Waals surface area contributed by atoms with E-state index in [0.717, 1.165) is 11.1 Å². The van der Waals surface area contributed by atoms with Gasteiger partial charge in [0.2, 0.25) is 0 Å². The van der Waals surface area contributed by atoms with Crippen molar-refractivity contribution in [2.45, 2.75) is 18.4 Å². The van der Waals surface area contributed by atoms with Gasteiger partial charge in [-0.1, -0.05) is 23.7 Å². The molecule has 0 spiro atoms. The van der Waals surface area contributed by atoms with Gasteiger partial charge in [0, 0.05) is 12.7 Å². The second kappa shape index (κ2) is 5.78. The molecule has 1 heterocycles. The van der Waals surface area contributed by atoms with Gasteiger partial charge in [-0.25, -0.2) is 13.4 Å². The third-order valence-corrected chi connectivity index (χ3v) is 4.58. The molecule has 0 unspecified atom stereocenters. The first-order valence-corrected chi connectivity index (χ1v) is 7.73. The van der Waals surface area contributed by atoms with Gasteiger partial charge >= 0.3 is 0 Å². The average Bonchev–Trinajstić information content (AvgIpc) is 2.40. The van der Waals surface area contributed by atoms with E-state index in [0.29, 0.717) is 6.54 Å². The van der Waals surface area contributed by atoms with Crippen LogP contribution in [-0.2, 0) is 16.6 Å². The number of nitrogens with zero attached hydrogens (tertiary/aromatic N) is 1. The lowest BCUT2D eigenvalue weighted by molar-refractivity contribution is 0.601. The number of halogens is 1. The highest BCUT2D eigenvalue weighted by molar-refractivity contribution is 7.92. The van der Waals surface area contributed by atoms with Crippen molar-refractivity contribution < 1.29 is 8.42 Å². The number of hydrogen-bond donors (Lipinski definition) is 2. The van der Waals surface area contributed by atoms with Gasteiger partial charge in [0.25, 0.3) is 10.0 Å². The molecule has 7 heteroatoms. The SMILES string of the molecule is Cc1cccnc1NS(=O)(=O)c1ccc(CN)cc1Cl. The number of nitrogens with two attached hydrogens (primary N) is 1. The predicted molar refractivity (Wildman–Crippen MR) is 79.1 cm³/mol. The Morgan fingerprint density at radius 2 is 2.10 bits per heavy atom. The van der Waals surface area contributed by atoms with Crippen molar-refractivity contribution in [3.63, 3.8) is 0 Å². The van der Waals surface area contributed by atoms with Gasteiger partial charge in [0.05, 0.1) is 5.02 Å². The van der Waals surface area contributed by atoms with Crippen molar-refractivity contribution in [3.05, 3.63) is 52.7 Å². The van der Waals surface area contributed by atoms with E-state index < -0.39 is 10.0 Å². The molecule has 0 fully saturated rings. The van der Waals surface area contributed by atoms with Gasteiger partial charge in [-0.2, -0.15) is 0 Å². The fraction of sp³-hybridized carbons (Fsp3) is 0.154. The molecule has 3 N–H and O–H groups in total. The quantitative estimate of drug-likeness (QED) is 0.907. The zero-order valence-corrected chi connectivity index (χ0v) is 12.4. The first-order chi connectivity index (χ1) is 9.44. The van der Waals surface area contributed by atoms with E-state index in [2.05, 4.69) is 9.71 Å². The topological polar surface area (TPSA) is 85.1 Å². The van der Waals surface area contributed by atoms with Crippen LogP contribution >= 0.6 is 11.6 Å². The van der Waals surface area contributed by atoms with Crippen LogP contribution in [0.25, 0.3) is 0 Å². The van der Waals surface area contributed by atoms with Gasteiger partial charge in [-0.15, -0.1) is 0 Å². The minimum Gasteiger partial charge on any atom is -0.326 e. The maximum atomic E-state index is 12.3. The summed E-state index contributed by atoms with van der Waals surface area (Å²) in [6, 6.07) is 8.11. The van der Waals surface area contributed by atoms with E-state index in [4.69, 9.17) is 17.3 Å². The Balaban J connectivity index is 2.39. The Kier molecular flexibility index (Phi) is 4.27. The third kappa shape index (κ3) is 3.09. The van der Waals surface area contributed by atoms with Gasteiger partial charge in [-0.3, -0.25) is 4.72 Å². The Bertz CT molecular complexity index is 732. The number of rotatable bonds is 4. The normalized spacial score (nSPS) is 11.3. The monoisotopic (exact) mass is 311 g/mol. The van der Waals surface area contributed by atoms with Crippen LogP contribution in [0.5, 0.6) is 0 Å². The van der Waals surface area contributed by atoms with E-state index in [1.807, 2.05) is 0 Å². The number of aromatic nitrogens is 1. The number of benzene rings is 1. The summed E-state index contributed by atoms with van der Waals surface area (Å²) in [7, 11) is -3.78. The molecule has 0 atom stereocenters. The van der Waals surface area contributed by atoms with Crippen molar-refractivity contribution in [2.24, 2.45) is 5.73 Å². The number of pyridine rings is 1. The predicted octanol–water partition coefficient (Wildman–Crippen LogP) is 2.30. The second-order valence-electron chi connectivity index (χ2n) is 4.24. The Morgan fingerprint density at radius 1 is 1.35 bits per heavy atom. The number of hydrogen-bond acceptors (Lipinski definition) is 4. The molecule has 0 radical (unpaired) electrons. The number of nitrogens with one attached hydrogen (secondary N) is 1. The smallest absolute Gasteiger partial charge is 0.264 e. The lowest BCUT2D eigenvalue weighted by atomic mass is 10.2. The van der Waals surface area contributed by atoms with Gasteiger partial charge in [0.1, 0.15) is 10.7 Å². The summed E-state index contributed by atoms with van der Waals surface area (Å²) in [5, 5.41) is 0.133. The third-order valence-electron chi connectivity index (χ3n) is 2.76. The van der Waals surface area contributed by atoms with Gasteiger partial charge in [0.15, 0.2) is 0 Å². The van der Waals surface area contributed by atoms with Crippen LogP contribution in [0.15, 0.2) is 41.4 Å². The number of aryl methyl sites for hydroxylation is 1. The highest BCUT2D eigenvalue weighted by Crippen LogP contribution is 2.25. The molecule has 0 saturated carbocycles. The minimum absolute atomic E-state index is 0.00131. The van der Waals surface area contributed by atoms with Crippen molar-refractivity contribution in [2.75, 3.05) is 4.72 Å². The van der Waals surface area contributed by atoms with Crippen LogP contribution in [0.1, 0.15) is 11.1 Å². The molecule has 5 nitrogen and oxygen atoms in total. The molecule has 106 valence electrons. The lowest BCUT2D eigenvalue weighted by Gasteiger charge is -2.11. The summed E-state index contributed by atoms with van der Waals surface area (Å²) in [6.07, 6.45) is 1.52. The number of sulfonamides is 1.